The molecule has 1 fully saturated rings. The van der Waals surface area contributed by atoms with E-state index in [0.717, 1.165) is 11.2 Å². The molecule has 1 aliphatic rings. The van der Waals surface area contributed by atoms with Crippen molar-refractivity contribution in [3.63, 3.8) is 0 Å². The zero-order valence-corrected chi connectivity index (χ0v) is 12.7. The SMILES string of the molecule is COC(=O)Cn1ncc(NCC2CCCS2)c(Cl)c1=O. The Labute approximate surface area is 125 Å². The number of halogens is 1. The van der Waals surface area contributed by atoms with E-state index in [4.69, 9.17) is 11.6 Å². The Morgan fingerprint density at radius 2 is 2.50 bits per heavy atom. The summed E-state index contributed by atoms with van der Waals surface area (Å²) in [6.07, 6.45) is 3.86. The number of nitrogens with zero attached hydrogens (tertiary/aromatic N) is 2. The van der Waals surface area contributed by atoms with Crippen molar-refractivity contribution < 1.29 is 9.53 Å². The first kappa shape index (κ1) is 15.2. The molecule has 0 aliphatic carbocycles. The highest BCUT2D eigenvalue weighted by Gasteiger charge is 2.17. The van der Waals surface area contributed by atoms with Gasteiger partial charge in [0.25, 0.3) is 5.56 Å². The number of carbonyl (C=O) groups is 1. The number of esters is 1. The van der Waals surface area contributed by atoms with Gasteiger partial charge in [0.1, 0.15) is 11.6 Å². The van der Waals surface area contributed by atoms with E-state index in [2.05, 4.69) is 15.2 Å². The number of aromatic nitrogens is 2. The van der Waals surface area contributed by atoms with Crippen molar-refractivity contribution in [2.45, 2.75) is 24.6 Å². The van der Waals surface area contributed by atoms with Gasteiger partial charge in [0.05, 0.1) is 19.0 Å². The zero-order valence-electron chi connectivity index (χ0n) is 11.1. The first-order valence-corrected chi connectivity index (χ1v) is 7.72. The molecule has 0 spiro atoms. The second-order valence-corrected chi connectivity index (χ2v) is 6.21. The summed E-state index contributed by atoms with van der Waals surface area (Å²) < 4.78 is 5.48. The molecule has 1 saturated heterocycles. The average Bonchev–Trinajstić information content (AvgIpc) is 2.96. The van der Waals surface area contributed by atoms with Gasteiger partial charge < -0.3 is 10.1 Å². The Kier molecular flexibility index (Phi) is 5.31. The molecule has 0 amide bonds. The summed E-state index contributed by atoms with van der Waals surface area (Å²) in [6, 6.07) is 0. The number of thioether (sulfide) groups is 1. The smallest absolute Gasteiger partial charge is 0.327 e. The molecule has 1 aliphatic heterocycles. The highest BCUT2D eigenvalue weighted by molar-refractivity contribution is 8.00. The van der Waals surface area contributed by atoms with Gasteiger partial charge in [-0.05, 0) is 18.6 Å². The van der Waals surface area contributed by atoms with Crippen molar-refractivity contribution in [1.29, 1.82) is 0 Å². The predicted octanol–water partition coefficient (Wildman–Crippen LogP) is 1.38. The molecule has 0 aromatic carbocycles. The van der Waals surface area contributed by atoms with Crippen LogP contribution in [0.3, 0.4) is 0 Å². The molecule has 2 heterocycles. The lowest BCUT2D eigenvalue weighted by Gasteiger charge is -2.12. The molecule has 0 saturated carbocycles. The van der Waals surface area contributed by atoms with Gasteiger partial charge in [-0.25, -0.2) is 4.68 Å². The Balaban J connectivity index is 2.05. The molecule has 1 unspecified atom stereocenters. The minimum atomic E-state index is -0.543. The van der Waals surface area contributed by atoms with Crippen molar-refractivity contribution in [3.8, 4) is 0 Å². The number of carbonyl (C=O) groups excluding carboxylic acids is 1. The zero-order chi connectivity index (χ0) is 14.5. The molecule has 1 aromatic rings. The fourth-order valence-electron chi connectivity index (χ4n) is 1.92. The molecule has 20 heavy (non-hydrogen) atoms. The first-order chi connectivity index (χ1) is 9.61. The largest absolute Gasteiger partial charge is 0.468 e. The van der Waals surface area contributed by atoms with Gasteiger partial charge in [0.15, 0.2) is 0 Å². The Morgan fingerprint density at radius 3 is 3.15 bits per heavy atom. The van der Waals surface area contributed by atoms with Crippen LogP contribution in [0.2, 0.25) is 5.02 Å². The number of hydrogen-bond donors (Lipinski definition) is 1. The molecule has 6 nitrogen and oxygen atoms in total. The summed E-state index contributed by atoms with van der Waals surface area (Å²) in [5, 5.41) is 7.66. The summed E-state index contributed by atoms with van der Waals surface area (Å²) in [4.78, 5) is 23.1. The van der Waals surface area contributed by atoms with Crippen LogP contribution in [0, 0.1) is 0 Å². The summed E-state index contributed by atoms with van der Waals surface area (Å²) in [6.45, 7) is 0.514. The van der Waals surface area contributed by atoms with Gasteiger partial charge in [0.2, 0.25) is 0 Å². The molecule has 1 atom stereocenters. The fourth-order valence-corrected chi connectivity index (χ4v) is 3.33. The molecule has 1 aromatic heterocycles. The van der Waals surface area contributed by atoms with Gasteiger partial charge >= 0.3 is 5.97 Å². The monoisotopic (exact) mass is 317 g/mol. The summed E-state index contributed by atoms with van der Waals surface area (Å²) in [5.74, 6) is 0.637. The summed E-state index contributed by atoms with van der Waals surface area (Å²) in [5.41, 5.74) is 0.00595. The van der Waals surface area contributed by atoms with Crippen LogP contribution in [0.4, 0.5) is 5.69 Å². The highest BCUT2D eigenvalue weighted by Crippen LogP contribution is 2.26. The van der Waals surface area contributed by atoms with Crippen LogP contribution in [-0.4, -0.2) is 40.4 Å². The van der Waals surface area contributed by atoms with E-state index in [1.807, 2.05) is 11.8 Å². The third-order valence-corrected chi connectivity index (χ3v) is 4.80. The second-order valence-electron chi connectivity index (χ2n) is 4.43. The lowest BCUT2D eigenvalue weighted by Crippen LogP contribution is -2.28. The highest BCUT2D eigenvalue weighted by atomic mass is 35.5. The van der Waals surface area contributed by atoms with Crippen LogP contribution in [-0.2, 0) is 16.1 Å². The number of methoxy groups -OCH3 is 1. The Hall–Kier alpha value is -1.21. The third kappa shape index (κ3) is 3.67. The van der Waals surface area contributed by atoms with Crippen LogP contribution in [0.25, 0.3) is 0 Å². The standard InChI is InChI=1S/C12H16ClN3O3S/c1-19-10(17)7-16-12(18)11(13)9(6-15-16)14-5-8-3-2-4-20-8/h6,8,14H,2-5,7H2,1H3. The van der Waals surface area contributed by atoms with Crippen LogP contribution in [0.1, 0.15) is 12.8 Å². The van der Waals surface area contributed by atoms with E-state index in [-0.39, 0.29) is 11.6 Å². The molecular weight excluding hydrogens is 302 g/mol. The summed E-state index contributed by atoms with van der Waals surface area (Å²) in [7, 11) is 1.25. The van der Waals surface area contributed by atoms with Crippen molar-refractivity contribution >= 4 is 35.0 Å². The van der Waals surface area contributed by atoms with E-state index < -0.39 is 11.5 Å². The van der Waals surface area contributed by atoms with Gasteiger partial charge in [-0.3, -0.25) is 9.59 Å². The van der Waals surface area contributed by atoms with E-state index in [0.29, 0.717) is 10.9 Å². The number of ether oxygens (including phenoxy) is 1. The Morgan fingerprint density at radius 1 is 1.70 bits per heavy atom. The molecule has 1 N–H and O–H groups in total. The normalized spacial score (nSPS) is 18.0. The molecule has 2 rings (SSSR count). The molecule has 110 valence electrons. The summed E-state index contributed by atoms with van der Waals surface area (Å²) >= 11 is 7.93. The second kappa shape index (κ2) is 6.99. The van der Waals surface area contributed by atoms with Crippen LogP contribution in [0.5, 0.6) is 0 Å². The quantitative estimate of drug-likeness (QED) is 0.827. The predicted molar refractivity (Wildman–Crippen MR) is 79.5 cm³/mol. The maximum atomic E-state index is 12.0. The van der Waals surface area contributed by atoms with Crippen molar-refractivity contribution in [2.75, 3.05) is 24.7 Å². The third-order valence-electron chi connectivity index (χ3n) is 3.04. The molecule has 0 radical (unpaired) electrons. The lowest BCUT2D eigenvalue weighted by atomic mass is 10.2. The van der Waals surface area contributed by atoms with Crippen molar-refractivity contribution in [2.24, 2.45) is 0 Å². The van der Waals surface area contributed by atoms with E-state index in [1.165, 1.54) is 31.9 Å². The number of rotatable bonds is 5. The first-order valence-electron chi connectivity index (χ1n) is 6.29. The van der Waals surface area contributed by atoms with E-state index >= 15 is 0 Å². The number of anilines is 1. The minimum absolute atomic E-state index is 0.0481. The van der Waals surface area contributed by atoms with Crippen molar-refractivity contribution in [3.05, 3.63) is 21.6 Å². The van der Waals surface area contributed by atoms with Gasteiger partial charge in [-0.15, -0.1) is 0 Å². The van der Waals surface area contributed by atoms with E-state index in [9.17, 15) is 9.59 Å². The van der Waals surface area contributed by atoms with Crippen LogP contribution in [0.15, 0.2) is 11.0 Å². The number of hydrogen-bond acceptors (Lipinski definition) is 6. The van der Waals surface area contributed by atoms with Crippen LogP contribution < -0.4 is 10.9 Å². The molecular formula is C12H16ClN3O3S. The van der Waals surface area contributed by atoms with E-state index in [1.54, 1.807) is 0 Å². The maximum absolute atomic E-state index is 12.0. The maximum Gasteiger partial charge on any atom is 0.327 e. The van der Waals surface area contributed by atoms with Gasteiger partial charge in [-0.1, -0.05) is 11.6 Å². The number of nitrogens with one attached hydrogen (secondary N) is 1. The molecule has 0 bridgehead atoms. The molecule has 8 heteroatoms. The van der Waals surface area contributed by atoms with Crippen LogP contribution >= 0.6 is 23.4 Å². The van der Waals surface area contributed by atoms with Crippen molar-refractivity contribution in [1.82, 2.24) is 9.78 Å². The van der Waals surface area contributed by atoms with Gasteiger partial charge in [0, 0.05) is 11.8 Å². The van der Waals surface area contributed by atoms with Gasteiger partial charge in [-0.2, -0.15) is 16.9 Å². The fraction of sp³-hybridized carbons (Fsp3) is 0.583. The topological polar surface area (TPSA) is 73.2 Å². The Bertz CT molecular complexity index is 543. The average molecular weight is 318 g/mol. The minimum Gasteiger partial charge on any atom is -0.468 e. The lowest BCUT2D eigenvalue weighted by molar-refractivity contribution is -0.141.